The van der Waals surface area contributed by atoms with E-state index >= 15 is 0 Å². The van der Waals surface area contributed by atoms with Crippen LogP contribution < -0.4 is 10.2 Å². The molecule has 21 heavy (non-hydrogen) atoms. The Kier molecular flexibility index (Phi) is 5.08. The molecule has 6 heteroatoms. The number of hydrogen-bond donors (Lipinski definition) is 1. The minimum Gasteiger partial charge on any atom is -0.353 e. The first-order valence-electron chi connectivity index (χ1n) is 7.39. The zero-order chi connectivity index (χ0) is 15.5. The molecule has 0 unspecified atom stereocenters. The molecule has 118 valence electrons. The minimum atomic E-state index is -4.37. The first-order chi connectivity index (χ1) is 9.89. The molecular formula is C15H22F3N3. The second-order valence-electron chi connectivity index (χ2n) is 5.81. The van der Waals surface area contributed by atoms with E-state index in [2.05, 4.69) is 10.3 Å². The van der Waals surface area contributed by atoms with E-state index in [-0.39, 0.29) is 11.9 Å². The van der Waals surface area contributed by atoms with E-state index in [1.54, 1.807) is 4.90 Å². The zero-order valence-electron chi connectivity index (χ0n) is 12.5. The first kappa shape index (κ1) is 16.1. The summed E-state index contributed by atoms with van der Waals surface area (Å²) in [6.45, 7) is 6.32. The predicted octanol–water partition coefficient (Wildman–Crippen LogP) is 3.31. The Balaban J connectivity index is 2.26. The van der Waals surface area contributed by atoms with Gasteiger partial charge in [0.05, 0.1) is 5.56 Å². The van der Waals surface area contributed by atoms with Crippen LogP contribution in [0.4, 0.5) is 19.0 Å². The van der Waals surface area contributed by atoms with Gasteiger partial charge in [-0.2, -0.15) is 13.2 Å². The van der Waals surface area contributed by atoms with Crippen LogP contribution in [0.15, 0.2) is 18.3 Å². The molecule has 0 atom stereocenters. The maximum absolute atomic E-state index is 13.2. The van der Waals surface area contributed by atoms with Gasteiger partial charge in [0.15, 0.2) is 0 Å². The molecule has 0 bridgehead atoms. The van der Waals surface area contributed by atoms with Crippen LogP contribution >= 0.6 is 0 Å². The van der Waals surface area contributed by atoms with Gasteiger partial charge in [-0.25, -0.2) is 4.98 Å². The van der Waals surface area contributed by atoms with Crippen molar-refractivity contribution in [2.75, 3.05) is 24.5 Å². The third kappa shape index (κ3) is 4.09. The fraction of sp³-hybridized carbons (Fsp3) is 0.667. The summed E-state index contributed by atoms with van der Waals surface area (Å²) in [7, 11) is 0. The van der Waals surface area contributed by atoms with E-state index in [1.165, 1.54) is 12.3 Å². The first-order valence-corrected chi connectivity index (χ1v) is 7.39. The van der Waals surface area contributed by atoms with Crippen molar-refractivity contribution >= 4 is 5.82 Å². The van der Waals surface area contributed by atoms with Crippen LogP contribution in [0.2, 0.25) is 0 Å². The summed E-state index contributed by atoms with van der Waals surface area (Å²) >= 11 is 0. The number of nitrogens with one attached hydrogen (secondary N) is 1. The van der Waals surface area contributed by atoms with E-state index in [0.29, 0.717) is 12.5 Å². The highest BCUT2D eigenvalue weighted by atomic mass is 19.4. The Bertz CT molecular complexity index is 454. The summed E-state index contributed by atoms with van der Waals surface area (Å²) in [5.41, 5.74) is -0.646. The molecule has 1 fully saturated rings. The average molecular weight is 301 g/mol. The van der Waals surface area contributed by atoms with Crippen molar-refractivity contribution in [3.05, 3.63) is 23.9 Å². The Morgan fingerprint density at radius 1 is 1.33 bits per heavy atom. The Morgan fingerprint density at radius 3 is 2.57 bits per heavy atom. The lowest BCUT2D eigenvalue weighted by Crippen LogP contribution is -2.40. The smallest absolute Gasteiger partial charge is 0.353 e. The molecule has 1 aliphatic rings. The molecule has 1 aliphatic heterocycles. The molecule has 0 spiro atoms. The van der Waals surface area contributed by atoms with Crippen LogP contribution in [-0.4, -0.2) is 30.7 Å². The number of rotatable bonds is 4. The van der Waals surface area contributed by atoms with Gasteiger partial charge < -0.3 is 10.2 Å². The number of anilines is 1. The summed E-state index contributed by atoms with van der Waals surface area (Å²) < 4.78 is 39.5. The molecule has 0 saturated carbocycles. The lowest BCUT2D eigenvalue weighted by atomic mass is 9.97. The third-order valence-corrected chi connectivity index (χ3v) is 3.90. The summed E-state index contributed by atoms with van der Waals surface area (Å²) in [6.07, 6.45) is -0.942. The molecule has 0 radical (unpaired) electrons. The fourth-order valence-corrected chi connectivity index (χ4v) is 2.73. The highest BCUT2D eigenvalue weighted by Crippen LogP contribution is 2.36. The summed E-state index contributed by atoms with van der Waals surface area (Å²) in [4.78, 5) is 5.81. The predicted molar refractivity (Wildman–Crippen MR) is 77.3 cm³/mol. The number of aromatic nitrogens is 1. The standard InChI is InChI=1S/C15H22F3N3/c1-11(2)21(10-12-5-8-19-9-6-12)14-13(15(16,17)18)4-3-7-20-14/h3-4,7,11-12,19H,5-6,8-10H2,1-2H3. The average Bonchev–Trinajstić information content (AvgIpc) is 2.45. The van der Waals surface area contributed by atoms with Crippen LogP contribution in [0.3, 0.4) is 0 Å². The van der Waals surface area contributed by atoms with Crippen LogP contribution in [0.5, 0.6) is 0 Å². The molecule has 3 nitrogen and oxygen atoms in total. The number of pyridine rings is 1. The van der Waals surface area contributed by atoms with Crippen molar-refractivity contribution in [2.45, 2.75) is 38.9 Å². The van der Waals surface area contributed by atoms with Crippen molar-refractivity contribution < 1.29 is 13.2 Å². The molecular weight excluding hydrogens is 279 g/mol. The quantitative estimate of drug-likeness (QED) is 0.925. The second kappa shape index (κ2) is 6.64. The Hall–Kier alpha value is -1.30. The van der Waals surface area contributed by atoms with Crippen molar-refractivity contribution in [1.29, 1.82) is 0 Å². The summed E-state index contributed by atoms with van der Waals surface area (Å²) in [5.74, 6) is 0.468. The molecule has 1 aromatic rings. The van der Waals surface area contributed by atoms with E-state index in [9.17, 15) is 13.2 Å². The highest BCUT2D eigenvalue weighted by molar-refractivity contribution is 5.49. The minimum absolute atomic E-state index is 0.0177. The van der Waals surface area contributed by atoms with Gasteiger partial charge in [-0.05, 0) is 57.8 Å². The Labute approximate surface area is 123 Å². The molecule has 1 aromatic heterocycles. The van der Waals surface area contributed by atoms with Crippen molar-refractivity contribution in [3.8, 4) is 0 Å². The van der Waals surface area contributed by atoms with E-state index in [4.69, 9.17) is 0 Å². The van der Waals surface area contributed by atoms with Crippen LogP contribution in [0.1, 0.15) is 32.3 Å². The number of nitrogens with zero attached hydrogens (tertiary/aromatic N) is 2. The van der Waals surface area contributed by atoms with Crippen LogP contribution in [-0.2, 0) is 6.18 Å². The van der Waals surface area contributed by atoms with E-state index in [0.717, 1.165) is 32.0 Å². The fourth-order valence-electron chi connectivity index (χ4n) is 2.73. The normalized spacial score (nSPS) is 17.2. The van der Waals surface area contributed by atoms with Crippen molar-refractivity contribution in [2.24, 2.45) is 5.92 Å². The third-order valence-electron chi connectivity index (χ3n) is 3.90. The lowest BCUT2D eigenvalue weighted by molar-refractivity contribution is -0.137. The van der Waals surface area contributed by atoms with Gasteiger partial charge in [-0.1, -0.05) is 0 Å². The van der Waals surface area contributed by atoms with Gasteiger partial charge >= 0.3 is 6.18 Å². The van der Waals surface area contributed by atoms with Gasteiger partial charge in [0, 0.05) is 18.8 Å². The van der Waals surface area contributed by atoms with Gasteiger partial charge in [-0.15, -0.1) is 0 Å². The number of alkyl halides is 3. The molecule has 0 aromatic carbocycles. The summed E-state index contributed by atoms with van der Waals surface area (Å²) in [6, 6.07) is 2.44. The van der Waals surface area contributed by atoms with Gasteiger partial charge in [0.25, 0.3) is 0 Å². The highest BCUT2D eigenvalue weighted by Gasteiger charge is 2.36. The van der Waals surface area contributed by atoms with E-state index in [1.807, 2.05) is 13.8 Å². The van der Waals surface area contributed by atoms with Crippen LogP contribution in [0, 0.1) is 5.92 Å². The Morgan fingerprint density at radius 2 is 2.00 bits per heavy atom. The molecule has 0 amide bonds. The van der Waals surface area contributed by atoms with Crippen molar-refractivity contribution in [3.63, 3.8) is 0 Å². The van der Waals surface area contributed by atoms with Crippen LogP contribution in [0.25, 0.3) is 0 Å². The van der Waals surface area contributed by atoms with Gasteiger partial charge in [-0.3, -0.25) is 0 Å². The van der Waals surface area contributed by atoms with E-state index < -0.39 is 11.7 Å². The second-order valence-corrected chi connectivity index (χ2v) is 5.81. The van der Waals surface area contributed by atoms with Gasteiger partial charge in [0.2, 0.25) is 0 Å². The maximum atomic E-state index is 13.2. The zero-order valence-corrected chi connectivity index (χ0v) is 12.5. The molecule has 1 saturated heterocycles. The molecule has 0 aliphatic carbocycles. The number of piperidine rings is 1. The van der Waals surface area contributed by atoms with Gasteiger partial charge in [0.1, 0.15) is 5.82 Å². The molecule has 2 rings (SSSR count). The summed E-state index contributed by atoms with van der Waals surface area (Å²) in [5, 5.41) is 3.28. The lowest BCUT2D eigenvalue weighted by Gasteiger charge is -2.34. The van der Waals surface area contributed by atoms with Crippen molar-refractivity contribution in [1.82, 2.24) is 10.3 Å². The largest absolute Gasteiger partial charge is 0.419 e. The monoisotopic (exact) mass is 301 g/mol. The molecule has 2 heterocycles. The number of hydrogen-bond acceptors (Lipinski definition) is 3. The SMILES string of the molecule is CC(C)N(CC1CCNCC1)c1ncccc1C(F)(F)F. The number of halogens is 3. The topological polar surface area (TPSA) is 28.2 Å². The maximum Gasteiger partial charge on any atom is 0.419 e. The molecule has 1 N–H and O–H groups in total.